The van der Waals surface area contributed by atoms with Gasteiger partial charge in [0.2, 0.25) is 0 Å². The second kappa shape index (κ2) is 9.69. The molecule has 0 N–H and O–H groups in total. The molecule has 1 aromatic heterocycles. The average Bonchev–Trinajstić information content (AvgIpc) is 3.13. The number of esters is 1. The number of methoxy groups -OCH3 is 2. The Balaban J connectivity index is 1.94. The summed E-state index contributed by atoms with van der Waals surface area (Å²) in [5.41, 5.74) is 3.21. The molecule has 0 amide bonds. The van der Waals surface area contributed by atoms with E-state index < -0.39 is 12.0 Å². The number of allylic oxidation sites excluding steroid dienone is 1. The Labute approximate surface area is 201 Å². The Morgan fingerprint density at radius 3 is 2.50 bits per heavy atom. The van der Waals surface area contributed by atoms with Crippen molar-refractivity contribution in [3.8, 4) is 11.5 Å². The van der Waals surface area contributed by atoms with Crippen molar-refractivity contribution in [1.82, 2.24) is 4.57 Å². The molecule has 1 aliphatic rings. The normalized spacial score (nSPS) is 15.6. The van der Waals surface area contributed by atoms with Crippen molar-refractivity contribution in [2.45, 2.75) is 26.8 Å². The molecule has 0 spiro atoms. The van der Waals surface area contributed by atoms with Gasteiger partial charge in [0.15, 0.2) is 4.80 Å². The molecule has 8 heteroatoms. The molecule has 0 radical (unpaired) electrons. The highest BCUT2D eigenvalue weighted by atomic mass is 32.1. The first kappa shape index (κ1) is 23.5. The summed E-state index contributed by atoms with van der Waals surface area (Å²) < 4.78 is 18.2. The number of hydrogen-bond acceptors (Lipinski definition) is 7. The molecule has 1 unspecified atom stereocenters. The van der Waals surface area contributed by atoms with Gasteiger partial charge in [0, 0.05) is 0 Å². The maximum atomic E-state index is 13.6. The van der Waals surface area contributed by atoms with Gasteiger partial charge in [-0.3, -0.25) is 9.36 Å². The van der Waals surface area contributed by atoms with E-state index in [9.17, 15) is 9.59 Å². The first-order valence-corrected chi connectivity index (χ1v) is 11.7. The molecule has 0 aliphatic carbocycles. The van der Waals surface area contributed by atoms with Crippen LogP contribution in [0.2, 0.25) is 0 Å². The molecule has 0 bridgehead atoms. The third-order valence-corrected chi connectivity index (χ3v) is 6.66. The van der Waals surface area contributed by atoms with Crippen molar-refractivity contribution in [3.63, 3.8) is 0 Å². The van der Waals surface area contributed by atoms with Gasteiger partial charge in [0.25, 0.3) is 5.56 Å². The van der Waals surface area contributed by atoms with E-state index in [0.29, 0.717) is 26.4 Å². The fourth-order valence-electron chi connectivity index (χ4n) is 3.97. The van der Waals surface area contributed by atoms with Crippen molar-refractivity contribution in [3.05, 3.63) is 90.1 Å². The van der Waals surface area contributed by atoms with Crippen LogP contribution in [0.25, 0.3) is 6.08 Å². The highest BCUT2D eigenvalue weighted by Crippen LogP contribution is 2.33. The molecule has 2 aromatic carbocycles. The highest BCUT2D eigenvalue weighted by Gasteiger charge is 2.33. The molecule has 0 saturated carbocycles. The number of fused-ring (bicyclic) bond motifs is 1. The van der Waals surface area contributed by atoms with Gasteiger partial charge < -0.3 is 14.2 Å². The molecular formula is C26H26N2O5S. The van der Waals surface area contributed by atoms with Gasteiger partial charge in [-0.25, -0.2) is 9.79 Å². The minimum absolute atomic E-state index is 0.224. The van der Waals surface area contributed by atoms with E-state index in [4.69, 9.17) is 14.2 Å². The Morgan fingerprint density at radius 1 is 1.12 bits per heavy atom. The number of aryl methyl sites for hydroxylation is 1. The molecule has 1 atom stereocenters. The lowest BCUT2D eigenvalue weighted by Gasteiger charge is -2.25. The van der Waals surface area contributed by atoms with Crippen LogP contribution in [0, 0.1) is 6.92 Å². The first-order valence-electron chi connectivity index (χ1n) is 10.9. The number of benzene rings is 2. The lowest BCUT2D eigenvalue weighted by Crippen LogP contribution is -2.40. The number of nitrogens with zero attached hydrogens (tertiary/aromatic N) is 2. The second-order valence-electron chi connectivity index (χ2n) is 7.80. The van der Waals surface area contributed by atoms with Crippen molar-refractivity contribution in [2.75, 3.05) is 20.8 Å². The van der Waals surface area contributed by atoms with Gasteiger partial charge in [-0.15, -0.1) is 0 Å². The second-order valence-corrected chi connectivity index (χ2v) is 8.81. The molecule has 0 saturated heterocycles. The quantitative estimate of drug-likeness (QED) is 0.509. The zero-order valence-electron chi connectivity index (χ0n) is 19.7. The number of ether oxygens (including phenoxy) is 3. The summed E-state index contributed by atoms with van der Waals surface area (Å²) in [5.74, 6) is 0.926. The van der Waals surface area contributed by atoms with Crippen LogP contribution in [-0.2, 0) is 9.53 Å². The van der Waals surface area contributed by atoms with Gasteiger partial charge in [0.05, 0.1) is 42.7 Å². The SMILES string of the molecule is CCOC(=O)C1=C(C)N=c2s/c(=C/c3ccc(OC)cc3)c(=O)n2C1c1ccc(C)c(OC)c1. The van der Waals surface area contributed by atoms with Crippen LogP contribution in [0.4, 0.5) is 0 Å². The van der Waals surface area contributed by atoms with Crippen molar-refractivity contribution >= 4 is 23.4 Å². The van der Waals surface area contributed by atoms with Crippen LogP contribution >= 0.6 is 11.3 Å². The summed E-state index contributed by atoms with van der Waals surface area (Å²) in [7, 11) is 3.20. The van der Waals surface area contributed by atoms with Crippen LogP contribution < -0.4 is 24.4 Å². The molecule has 176 valence electrons. The topological polar surface area (TPSA) is 79.1 Å². The standard InChI is InChI=1S/C26H26N2O5S/c1-6-33-25(30)22-16(3)27-26-28(23(22)18-10-7-15(2)20(14-18)32-5)24(29)21(34-26)13-17-8-11-19(31-4)12-9-17/h7-14,23H,6H2,1-5H3/b21-13+. The van der Waals surface area contributed by atoms with Gasteiger partial charge >= 0.3 is 5.97 Å². The average molecular weight is 479 g/mol. The van der Waals surface area contributed by atoms with E-state index in [1.54, 1.807) is 32.6 Å². The maximum absolute atomic E-state index is 13.6. The minimum Gasteiger partial charge on any atom is -0.497 e. The van der Waals surface area contributed by atoms with Crippen LogP contribution in [-0.4, -0.2) is 31.4 Å². The van der Waals surface area contributed by atoms with Crippen molar-refractivity contribution < 1.29 is 19.0 Å². The molecule has 2 heterocycles. The summed E-state index contributed by atoms with van der Waals surface area (Å²) >= 11 is 1.29. The molecule has 7 nitrogen and oxygen atoms in total. The van der Waals surface area contributed by atoms with E-state index in [1.165, 1.54) is 11.3 Å². The van der Waals surface area contributed by atoms with E-state index in [-0.39, 0.29) is 12.2 Å². The number of thiazole rings is 1. The third kappa shape index (κ3) is 4.28. The summed E-state index contributed by atoms with van der Waals surface area (Å²) in [6.45, 7) is 5.69. The molecule has 3 aromatic rings. The largest absolute Gasteiger partial charge is 0.497 e. The number of rotatable bonds is 6. The number of carbonyl (C=O) groups is 1. The predicted octanol–water partition coefficient (Wildman–Crippen LogP) is 3.12. The van der Waals surface area contributed by atoms with E-state index >= 15 is 0 Å². The predicted molar refractivity (Wildman–Crippen MR) is 131 cm³/mol. The molecule has 0 fully saturated rings. The number of hydrogen-bond donors (Lipinski definition) is 0. The Bertz CT molecular complexity index is 1450. The van der Waals surface area contributed by atoms with Crippen LogP contribution in [0.3, 0.4) is 0 Å². The Morgan fingerprint density at radius 2 is 1.85 bits per heavy atom. The van der Waals surface area contributed by atoms with Gasteiger partial charge in [0.1, 0.15) is 11.5 Å². The Hall–Kier alpha value is -3.65. The Kier molecular flexibility index (Phi) is 6.70. The van der Waals surface area contributed by atoms with Crippen LogP contribution in [0.5, 0.6) is 11.5 Å². The van der Waals surface area contributed by atoms with Crippen molar-refractivity contribution in [1.29, 1.82) is 0 Å². The van der Waals surface area contributed by atoms with Gasteiger partial charge in [-0.05, 0) is 61.7 Å². The van der Waals surface area contributed by atoms with E-state index in [2.05, 4.69) is 4.99 Å². The summed E-state index contributed by atoms with van der Waals surface area (Å²) in [6.07, 6.45) is 1.82. The molecule has 1 aliphatic heterocycles. The number of aromatic nitrogens is 1. The molecule has 4 rings (SSSR count). The summed E-state index contributed by atoms with van der Waals surface area (Å²) in [5, 5.41) is 0. The summed E-state index contributed by atoms with van der Waals surface area (Å²) in [4.78, 5) is 31.8. The van der Waals surface area contributed by atoms with E-state index in [1.807, 2.05) is 55.5 Å². The zero-order valence-corrected chi connectivity index (χ0v) is 20.6. The molecular weight excluding hydrogens is 452 g/mol. The van der Waals surface area contributed by atoms with Crippen molar-refractivity contribution in [2.24, 2.45) is 4.99 Å². The number of carbonyl (C=O) groups excluding carboxylic acids is 1. The first-order chi connectivity index (χ1) is 16.4. The maximum Gasteiger partial charge on any atom is 0.338 e. The van der Waals surface area contributed by atoms with Crippen LogP contribution in [0.1, 0.15) is 36.6 Å². The van der Waals surface area contributed by atoms with Crippen LogP contribution in [0.15, 0.2) is 63.5 Å². The zero-order chi connectivity index (χ0) is 24.4. The lowest BCUT2D eigenvalue weighted by atomic mass is 9.95. The minimum atomic E-state index is -0.678. The molecule has 34 heavy (non-hydrogen) atoms. The highest BCUT2D eigenvalue weighted by molar-refractivity contribution is 7.07. The lowest BCUT2D eigenvalue weighted by molar-refractivity contribution is -0.139. The smallest absolute Gasteiger partial charge is 0.338 e. The summed E-state index contributed by atoms with van der Waals surface area (Å²) in [6, 6.07) is 12.5. The fourth-order valence-corrected chi connectivity index (χ4v) is 5.01. The monoisotopic (exact) mass is 478 g/mol. The van der Waals surface area contributed by atoms with Gasteiger partial charge in [-0.2, -0.15) is 0 Å². The van der Waals surface area contributed by atoms with Gasteiger partial charge in [-0.1, -0.05) is 35.6 Å². The third-order valence-electron chi connectivity index (χ3n) is 5.68. The fraction of sp³-hybridized carbons (Fsp3) is 0.269. The van der Waals surface area contributed by atoms with E-state index in [0.717, 1.165) is 22.4 Å².